The quantitative estimate of drug-likeness (QED) is 0.439. The number of aryl methyl sites for hydroxylation is 1. The Hall–Kier alpha value is -2.30. The van der Waals surface area contributed by atoms with Crippen molar-refractivity contribution in [1.29, 1.82) is 0 Å². The molecule has 0 radical (unpaired) electrons. The van der Waals surface area contributed by atoms with Gasteiger partial charge in [-0.05, 0) is 60.4 Å². The maximum absolute atomic E-state index is 14.1. The molecule has 3 aromatic rings. The summed E-state index contributed by atoms with van der Waals surface area (Å²) in [5.41, 5.74) is 7.30. The van der Waals surface area contributed by atoms with E-state index < -0.39 is 6.10 Å². The highest BCUT2D eigenvalue weighted by Crippen LogP contribution is 2.48. The molecule has 1 saturated carbocycles. The molecule has 0 unspecified atom stereocenters. The average molecular weight is 446 g/mol. The molecular weight excluding hydrogens is 414 g/mol. The van der Waals surface area contributed by atoms with Crippen LogP contribution in [0, 0.1) is 12.3 Å². The zero-order valence-electron chi connectivity index (χ0n) is 19.1. The van der Waals surface area contributed by atoms with E-state index in [0.717, 1.165) is 58.5 Å². The first-order valence-corrected chi connectivity index (χ1v) is 12.7. The molecule has 0 bridgehead atoms. The smallest absolute Gasteiger partial charge is 0.195 e. The van der Waals surface area contributed by atoms with Gasteiger partial charge in [-0.3, -0.25) is 9.78 Å². The highest BCUT2D eigenvalue weighted by molar-refractivity contribution is 7.08. The number of thiophene rings is 1. The minimum atomic E-state index is -0.613. The number of aromatic nitrogens is 1. The van der Waals surface area contributed by atoms with Crippen LogP contribution in [0.4, 0.5) is 0 Å². The minimum absolute atomic E-state index is 0.0131. The van der Waals surface area contributed by atoms with Gasteiger partial charge < -0.3 is 5.11 Å². The molecule has 1 aromatic carbocycles. The predicted molar refractivity (Wildman–Crippen MR) is 130 cm³/mol. The van der Waals surface area contributed by atoms with Crippen LogP contribution in [0.5, 0.6) is 0 Å². The van der Waals surface area contributed by atoms with E-state index in [4.69, 9.17) is 4.98 Å². The van der Waals surface area contributed by atoms with Gasteiger partial charge in [0.2, 0.25) is 0 Å². The number of nitrogens with zero attached hydrogens (tertiary/aromatic N) is 1. The molecule has 1 fully saturated rings. The van der Waals surface area contributed by atoms with Crippen molar-refractivity contribution in [1.82, 2.24) is 4.98 Å². The minimum Gasteiger partial charge on any atom is -0.388 e. The fourth-order valence-corrected chi connectivity index (χ4v) is 6.24. The zero-order valence-corrected chi connectivity index (χ0v) is 20.0. The van der Waals surface area contributed by atoms with Crippen molar-refractivity contribution in [3.63, 3.8) is 0 Å². The van der Waals surface area contributed by atoms with E-state index in [9.17, 15) is 9.90 Å². The summed E-state index contributed by atoms with van der Waals surface area (Å²) in [4.78, 5) is 19.3. The van der Waals surface area contributed by atoms with E-state index in [-0.39, 0.29) is 11.2 Å². The maximum Gasteiger partial charge on any atom is 0.195 e. The number of aliphatic hydroxyl groups excluding tert-OH is 1. The largest absolute Gasteiger partial charge is 0.388 e. The second-order valence-corrected chi connectivity index (χ2v) is 11.1. The topological polar surface area (TPSA) is 50.2 Å². The molecule has 32 heavy (non-hydrogen) atoms. The van der Waals surface area contributed by atoms with Crippen molar-refractivity contribution in [3.05, 3.63) is 74.7 Å². The normalized spacial score (nSPS) is 20.3. The van der Waals surface area contributed by atoms with Crippen molar-refractivity contribution in [2.75, 3.05) is 0 Å². The van der Waals surface area contributed by atoms with Crippen LogP contribution in [0.3, 0.4) is 0 Å². The van der Waals surface area contributed by atoms with Crippen LogP contribution in [0.25, 0.3) is 11.1 Å². The Kier molecular flexibility index (Phi) is 5.55. The number of fused-ring (bicyclic) bond motifs is 1. The summed E-state index contributed by atoms with van der Waals surface area (Å²) >= 11 is 1.63. The van der Waals surface area contributed by atoms with Crippen LogP contribution in [0.15, 0.2) is 41.1 Å². The second-order valence-electron chi connectivity index (χ2n) is 10.4. The van der Waals surface area contributed by atoms with Crippen molar-refractivity contribution >= 4 is 17.1 Å². The van der Waals surface area contributed by atoms with Crippen LogP contribution in [-0.4, -0.2) is 15.9 Å². The first-order chi connectivity index (χ1) is 15.3. The number of ketones is 1. The van der Waals surface area contributed by atoms with Crippen LogP contribution >= 0.6 is 11.3 Å². The van der Waals surface area contributed by atoms with Gasteiger partial charge in [0.25, 0.3) is 0 Å². The van der Waals surface area contributed by atoms with E-state index in [1.54, 1.807) is 11.3 Å². The molecule has 2 aliphatic carbocycles. The number of hydrogen-bond acceptors (Lipinski definition) is 4. The molecule has 5 rings (SSSR count). The van der Waals surface area contributed by atoms with Gasteiger partial charge >= 0.3 is 0 Å². The third-order valence-corrected chi connectivity index (χ3v) is 7.84. The Balaban J connectivity index is 1.81. The Morgan fingerprint density at radius 2 is 1.84 bits per heavy atom. The third kappa shape index (κ3) is 3.84. The summed E-state index contributed by atoms with van der Waals surface area (Å²) in [7, 11) is 0. The lowest BCUT2D eigenvalue weighted by atomic mass is 9.71. The first-order valence-electron chi connectivity index (χ1n) is 11.7. The number of aliphatic hydroxyl groups is 1. The van der Waals surface area contributed by atoms with Crippen molar-refractivity contribution in [2.45, 2.75) is 71.3 Å². The number of carbonyl (C=O) groups excluding carboxylic acids is 1. The van der Waals surface area contributed by atoms with Crippen molar-refractivity contribution < 1.29 is 9.90 Å². The second kappa shape index (κ2) is 8.24. The fourth-order valence-electron chi connectivity index (χ4n) is 5.59. The predicted octanol–water partition coefficient (Wildman–Crippen LogP) is 7.01. The summed E-state index contributed by atoms with van der Waals surface area (Å²) < 4.78 is 0. The molecular formula is C28H31NO2S. The fraction of sp³-hybridized carbons (Fsp3) is 0.429. The Labute approximate surface area is 194 Å². The third-order valence-electron chi connectivity index (χ3n) is 7.16. The molecule has 2 aromatic heterocycles. The molecule has 0 amide bonds. The Bertz CT molecular complexity index is 1140. The number of hydrogen-bond donors (Lipinski definition) is 1. The molecule has 0 aliphatic heterocycles. The van der Waals surface area contributed by atoms with E-state index in [1.165, 1.54) is 12.8 Å². The highest BCUT2D eigenvalue weighted by Gasteiger charge is 2.38. The molecule has 166 valence electrons. The number of rotatable bonds is 4. The highest BCUT2D eigenvalue weighted by atomic mass is 32.1. The Morgan fingerprint density at radius 1 is 1.12 bits per heavy atom. The molecule has 1 N–H and O–H groups in total. The van der Waals surface area contributed by atoms with E-state index in [1.807, 2.05) is 31.2 Å². The van der Waals surface area contributed by atoms with E-state index >= 15 is 0 Å². The van der Waals surface area contributed by atoms with Gasteiger partial charge in [-0.1, -0.05) is 56.5 Å². The van der Waals surface area contributed by atoms with Crippen LogP contribution < -0.4 is 0 Å². The molecule has 3 nitrogen and oxygen atoms in total. The lowest BCUT2D eigenvalue weighted by molar-refractivity contribution is 0.0979. The molecule has 2 heterocycles. The molecule has 1 atom stereocenters. The summed E-state index contributed by atoms with van der Waals surface area (Å²) in [6.45, 7) is 6.44. The van der Waals surface area contributed by atoms with Gasteiger partial charge in [0.15, 0.2) is 5.78 Å². The lowest BCUT2D eigenvalue weighted by Crippen LogP contribution is -2.29. The average Bonchev–Trinajstić information content (AvgIpc) is 3.46. The van der Waals surface area contributed by atoms with Gasteiger partial charge in [-0.25, -0.2) is 0 Å². The van der Waals surface area contributed by atoms with Crippen molar-refractivity contribution in [2.24, 2.45) is 5.41 Å². The number of carbonyl (C=O) groups is 1. The summed E-state index contributed by atoms with van der Waals surface area (Å²) in [5, 5.41) is 15.5. The molecule has 4 heteroatoms. The SMILES string of the molecule is Cc1ccc(C(=O)c2c(C3CCCC3)nc3c(c2-c2ccsc2)[C@@H](O)CC(C)(C)C3)cc1. The Morgan fingerprint density at radius 3 is 2.50 bits per heavy atom. The van der Waals surface area contributed by atoms with E-state index in [0.29, 0.717) is 17.9 Å². The van der Waals surface area contributed by atoms with Gasteiger partial charge in [0.1, 0.15) is 0 Å². The summed E-state index contributed by atoms with van der Waals surface area (Å²) in [6, 6.07) is 9.92. The van der Waals surface area contributed by atoms with Gasteiger partial charge in [0, 0.05) is 28.3 Å². The number of benzene rings is 1. The molecule has 2 aliphatic rings. The monoisotopic (exact) mass is 445 g/mol. The van der Waals surface area contributed by atoms with Gasteiger partial charge in [-0.15, -0.1) is 0 Å². The van der Waals surface area contributed by atoms with Gasteiger partial charge in [0.05, 0.1) is 17.4 Å². The maximum atomic E-state index is 14.1. The molecule has 0 spiro atoms. The van der Waals surface area contributed by atoms with Crippen LogP contribution in [-0.2, 0) is 6.42 Å². The van der Waals surface area contributed by atoms with Gasteiger partial charge in [-0.2, -0.15) is 11.3 Å². The molecule has 0 saturated heterocycles. The number of pyridine rings is 1. The van der Waals surface area contributed by atoms with E-state index in [2.05, 4.69) is 30.7 Å². The first kappa shape index (κ1) is 21.5. The lowest BCUT2D eigenvalue weighted by Gasteiger charge is -2.36. The van der Waals surface area contributed by atoms with Crippen LogP contribution in [0.1, 0.15) is 96.4 Å². The zero-order chi connectivity index (χ0) is 22.5. The van der Waals surface area contributed by atoms with Crippen LogP contribution in [0.2, 0.25) is 0 Å². The summed E-state index contributed by atoms with van der Waals surface area (Å²) in [5.74, 6) is 0.338. The standard InChI is InChI=1S/C28H31NO2S/c1-17-8-10-19(11-9-17)27(31)25-23(20-12-13-32-16-20)24-21(14-28(2,3)15-22(24)30)29-26(25)18-6-4-5-7-18/h8-13,16,18,22,30H,4-7,14-15H2,1-3H3/t22-/m0/s1. The summed E-state index contributed by atoms with van der Waals surface area (Å²) in [6.07, 6.45) is 5.42. The van der Waals surface area contributed by atoms with Crippen molar-refractivity contribution in [3.8, 4) is 11.1 Å².